The van der Waals surface area contributed by atoms with E-state index in [0.29, 0.717) is 11.5 Å². The zero-order chi connectivity index (χ0) is 17.5. The first-order valence-electron chi connectivity index (χ1n) is 6.20. The largest absolute Gasteiger partial charge is 0.506 e. The van der Waals surface area contributed by atoms with Gasteiger partial charge < -0.3 is 10.0 Å². The number of nitrogens with zero attached hydrogens (tertiary/aromatic N) is 4. The zero-order valence-electron chi connectivity index (χ0n) is 12.4. The van der Waals surface area contributed by atoms with E-state index in [2.05, 4.69) is 15.2 Å². The second-order valence-corrected chi connectivity index (χ2v) is 5.30. The van der Waals surface area contributed by atoms with Crippen LogP contribution in [0.4, 0.5) is 17.2 Å². The van der Waals surface area contributed by atoms with Crippen molar-refractivity contribution in [3.63, 3.8) is 0 Å². The van der Waals surface area contributed by atoms with E-state index in [4.69, 9.17) is 17.5 Å². The SMILES string of the molecule is CN(C)c1ccc(N=Nc2ccccn2)c(O)c1.O=S(=O)(O)O. The van der Waals surface area contributed by atoms with Crippen LogP contribution in [0.3, 0.4) is 0 Å². The minimum absolute atomic E-state index is 0.0980. The van der Waals surface area contributed by atoms with Crippen LogP contribution >= 0.6 is 0 Å². The Morgan fingerprint density at radius 3 is 2.22 bits per heavy atom. The first-order chi connectivity index (χ1) is 10.7. The van der Waals surface area contributed by atoms with E-state index in [1.54, 1.807) is 24.4 Å². The molecule has 124 valence electrons. The Labute approximate surface area is 133 Å². The highest BCUT2D eigenvalue weighted by atomic mass is 32.3. The predicted octanol–water partition coefficient (Wildman–Crippen LogP) is 2.62. The van der Waals surface area contributed by atoms with Crippen LogP contribution in [0, 0.1) is 0 Å². The molecule has 1 aromatic carbocycles. The van der Waals surface area contributed by atoms with Crippen molar-refractivity contribution < 1.29 is 22.6 Å². The summed E-state index contributed by atoms with van der Waals surface area (Å²) < 4.78 is 31.6. The topological polar surface area (TPSA) is 136 Å². The molecule has 0 aliphatic carbocycles. The third-order valence-electron chi connectivity index (χ3n) is 2.38. The number of rotatable bonds is 3. The Morgan fingerprint density at radius 1 is 1.09 bits per heavy atom. The highest BCUT2D eigenvalue weighted by Crippen LogP contribution is 2.31. The van der Waals surface area contributed by atoms with E-state index in [1.807, 2.05) is 37.2 Å². The molecule has 0 aliphatic heterocycles. The molecule has 0 saturated carbocycles. The van der Waals surface area contributed by atoms with E-state index in [9.17, 15) is 5.11 Å². The van der Waals surface area contributed by atoms with Crippen molar-refractivity contribution in [2.24, 2.45) is 10.2 Å². The first kappa shape index (κ1) is 18.5. The molecule has 1 heterocycles. The molecule has 0 fully saturated rings. The van der Waals surface area contributed by atoms with Gasteiger partial charge in [-0.2, -0.15) is 8.42 Å². The van der Waals surface area contributed by atoms with Crippen LogP contribution in [-0.4, -0.2) is 41.7 Å². The van der Waals surface area contributed by atoms with Crippen LogP contribution in [0.15, 0.2) is 52.8 Å². The average molecular weight is 340 g/mol. The number of hydrogen-bond donors (Lipinski definition) is 3. The summed E-state index contributed by atoms with van der Waals surface area (Å²) in [7, 11) is -0.853. The summed E-state index contributed by atoms with van der Waals surface area (Å²) in [4.78, 5) is 5.92. The Kier molecular flexibility index (Phi) is 6.57. The van der Waals surface area contributed by atoms with Crippen LogP contribution < -0.4 is 4.90 Å². The number of azo groups is 1. The lowest BCUT2D eigenvalue weighted by molar-refractivity contribution is 0.381. The van der Waals surface area contributed by atoms with Crippen LogP contribution in [-0.2, 0) is 10.4 Å². The quantitative estimate of drug-likeness (QED) is 0.577. The van der Waals surface area contributed by atoms with Gasteiger partial charge in [0.05, 0.1) is 0 Å². The molecule has 0 unspecified atom stereocenters. The molecule has 0 aliphatic rings. The fourth-order valence-electron chi connectivity index (χ4n) is 1.39. The number of phenolic OH excluding ortho intramolecular Hbond substituents is 1. The first-order valence-corrected chi connectivity index (χ1v) is 7.59. The molecule has 3 N–H and O–H groups in total. The van der Waals surface area contributed by atoms with Gasteiger partial charge in [-0.05, 0) is 24.3 Å². The van der Waals surface area contributed by atoms with Gasteiger partial charge in [0, 0.05) is 32.0 Å². The maximum atomic E-state index is 9.82. The maximum absolute atomic E-state index is 9.82. The second kappa shape index (κ2) is 8.17. The minimum Gasteiger partial charge on any atom is -0.506 e. The molecule has 1 aromatic heterocycles. The lowest BCUT2D eigenvalue weighted by atomic mass is 10.2. The third-order valence-corrected chi connectivity index (χ3v) is 2.38. The normalized spacial score (nSPS) is 11.0. The number of aromatic nitrogens is 1. The van der Waals surface area contributed by atoms with E-state index < -0.39 is 10.4 Å². The molecule has 0 atom stereocenters. The number of phenols is 1. The average Bonchev–Trinajstić information content (AvgIpc) is 2.45. The number of benzene rings is 1. The molecule has 23 heavy (non-hydrogen) atoms. The molecule has 2 rings (SSSR count). The monoisotopic (exact) mass is 340 g/mol. The molecule has 9 nitrogen and oxygen atoms in total. The fourth-order valence-corrected chi connectivity index (χ4v) is 1.39. The summed E-state index contributed by atoms with van der Waals surface area (Å²) in [5, 5.41) is 17.7. The zero-order valence-corrected chi connectivity index (χ0v) is 13.2. The van der Waals surface area contributed by atoms with E-state index >= 15 is 0 Å². The Bertz CT molecular complexity index is 755. The fraction of sp³-hybridized carbons (Fsp3) is 0.154. The summed E-state index contributed by atoms with van der Waals surface area (Å²) in [5.74, 6) is 0.606. The lowest BCUT2D eigenvalue weighted by Gasteiger charge is -2.12. The van der Waals surface area contributed by atoms with Crippen LogP contribution in [0.1, 0.15) is 0 Å². The smallest absolute Gasteiger partial charge is 0.394 e. The second-order valence-electron chi connectivity index (χ2n) is 4.40. The molecule has 0 spiro atoms. The maximum Gasteiger partial charge on any atom is 0.394 e. The summed E-state index contributed by atoms with van der Waals surface area (Å²) in [6, 6.07) is 10.6. The van der Waals surface area contributed by atoms with Crippen molar-refractivity contribution in [1.29, 1.82) is 0 Å². The third kappa shape index (κ3) is 7.85. The Hall–Kier alpha value is -2.56. The molecule has 0 bridgehead atoms. The molecule has 2 aromatic rings. The van der Waals surface area contributed by atoms with Crippen molar-refractivity contribution in [3.05, 3.63) is 42.6 Å². The standard InChI is InChI=1S/C13H14N4O.H2O4S/c1-17(2)10-6-7-11(12(18)9-10)15-16-13-5-3-4-8-14-13;1-5(2,3)4/h3-9,18H,1-2H3;(H2,1,2,3,4). The molecule has 0 saturated heterocycles. The van der Waals surface area contributed by atoms with Crippen LogP contribution in [0.25, 0.3) is 0 Å². The lowest BCUT2D eigenvalue weighted by Crippen LogP contribution is -2.07. The van der Waals surface area contributed by atoms with Crippen molar-refractivity contribution in [2.45, 2.75) is 0 Å². The van der Waals surface area contributed by atoms with Gasteiger partial charge in [0.15, 0.2) is 5.82 Å². The van der Waals surface area contributed by atoms with E-state index in [1.165, 1.54) is 0 Å². The van der Waals surface area contributed by atoms with Gasteiger partial charge in [-0.1, -0.05) is 6.07 Å². The summed E-state index contributed by atoms with van der Waals surface area (Å²) in [6.45, 7) is 0. The van der Waals surface area contributed by atoms with E-state index in [0.717, 1.165) is 5.69 Å². The highest BCUT2D eigenvalue weighted by Gasteiger charge is 2.03. The predicted molar refractivity (Wildman–Crippen MR) is 85.0 cm³/mol. The van der Waals surface area contributed by atoms with Crippen molar-refractivity contribution in [1.82, 2.24) is 4.98 Å². The van der Waals surface area contributed by atoms with Gasteiger partial charge in [-0.15, -0.1) is 10.2 Å². The van der Waals surface area contributed by atoms with Gasteiger partial charge in [-0.25, -0.2) is 4.98 Å². The summed E-state index contributed by atoms with van der Waals surface area (Å²) in [5.41, 5.74) is 1.33. The molecular weight excluding hydrogens is 324 g/mol. The molecule has 10 heteroatoms. The highest BCUT2D eigenvalue weighted by molar-refractivity contribution is 7.79. The van der Waals surface area contributed by atoms with Crippen molar-refractivity contribution in [2.75, 3.05) is 19.0 Å². The van der Waals surface area contributed by atoms with Crippen LogP contribution in [0.5, 0.6) is 5.75 Å². The summed E-state index contributed by atoms with van der Waals surface area (Å²) >= 11 is 0. The van der Waals surface area contributed by atoms with E-state index in [-0.39, 0.29) is 5.75 Å². The number of aromatic hydroxyl groups is 1. The van der Waals surface area contributed by atoms with Gasteiger partial charge >= 0.3 is 10.4 Å². The van der Waals surface area contributed by atoms with Crippen molar-refractivity contribution >= 4 is 27.6 Å². The minimum atomic E-state index is -4.67. The van der Waals surface area contributed by atoms with Gasteiger partial charge in [0.25, 0.3) is 0 Å². The van der Waals surface area contributed by atoms with Gasteiger partial charge in [0.2, 0.25) is 0 Å². The summed E-state index contributed by atoms with van der Waals surface area (Å²) in [6.07, 6.45) is 1.64. The number of hydrogen-bond acceptors (Lipinski definition) is 7. The number of pyridine rings is 1. The van der Waals surface area contributed by atoms with Gasteiger partial charge in [-0.3, -0.25) is 9.11 Å². The van der Waals surface area contributed by atoms with Crippen LogP contribution in [0.2, 0.25) is 0 Å². The van der Waals surface area contributed by atoms with Gasteiger partial charge in [0.1, 0.15) is 11.4 Å². The Balaban J connectivity index is 0.000000463. The number of anilines is 1. The molecule has 0 amide bonds. The Morgan fingerprint density at radius 2 is 1.74 bits per heavy atom. The molecular formula is C13H16N4O5S. The molecule has 0 radical (unpaired) electrons. The van der Waals surface area contributed by atoms with Crippen molar-refractivity contribution in [3.8, 4) is 5.75 Å².